The van der Waals surface area contributed by atoms with Crippen molar-refractivity contribution in [3.63, 3.8) is 0 Å². The molecule has 0 bridgehead atoms. The number of carboxylic acid groups (broad SMARTS) is 1. The highest BCUT2D eigenvalue weighted by Gasteiger charge is 2.06. The molecule has 2 rings (SSSR count). The van der Waals surface area contributed by atoms with E-state index in [1.165, 1.54) is 12.5 Å². The average Bonchev–Trinajstić information content (AvgIpc) is 2.47. The van der Waals surface area contributed by atoms with E-state index in [1.807, 2.05) is 0 Å². The molecule has 1 N–H and O–H groups in total. The Labute approximate surface area is 67.3 Å². The van der Waals surface area contributed by atoms with Crippen molar-refractivity contribution in [1.82, 2.24) is 14.5 Å². The van der Waals surface area contributed by atoms with E-state index in [0.717, 1.165) is 9.95 Å². The van der Waals surface area contributed by atoms with E-state index in [2.05, 4.69) is 9.97 Å². The van der Waals surface area contributed by atoms with Gasteiger partial charge in [0.15, 0.2) is 5.65 Å². The second-order valence-corrected chi connectivity index (χ2v) is 2.27. The number of fused-ring (bicyclic) bond motifs is 1. The van der Waals surface area contributed by atoms with E-state index in [9.17, 15) is 4.79 Å². The molecular formula is C7H5N3O2. The number of hydrogen-bond donors (Lipinski definition) is 1. The molecule has 0 aliphatic rings. The highest BCUT2D eigenvalue weighted by atomic mass is 16.4. The average molecular weight is 163 g/mol. The van der Waals surface area contributed by atoms with Gasteiger partial charge in [-0.05, 0) is 6.07 Å². The highest BCUT2D eigenvalue weighted by molar-refractivity contribution is 5.85. The smallest absolute Gasteiger partial charge is 0.417 e. The second-order valence-electron chi connectivity index (χ2n) is 2.27. The molecule has 0 aromatic carbocycles. The quantitative estimate of drug-likeness (QED) is 0.628. The molecule has 5 nitrogen and oxygen atoms in total. The number of rotatable bonds is 0. The van der Waals surface area contributed by atoms with Crippen molar-refractivity contribution in [3.05, 3.63) is 24.8 Å². The first-order chi connectivity index (χ1) is 5.79. The Bertz CT molecular complexity index is 435. The van der Waals surface area contributed by atoms with Crippen LogP contribution in [0.5, 0.6) is 0 Å². The van der Waals surface area contributed by atoms with Crippen molar-refractivity contribution >= 4 is 17.1 Å². The lowest BCUT2D eigenvalue weighted by molar-refractivity contribution is 0.197. The van der Waals surface area contributed by atoms with Gasteiger partial charge in [-0.2, -0.15) is 0 Å². The molecule has 0 atom stereocenters. The summed E-state index contributed by atoms with van der Waals surface area (Å²) in [5, 5.41) is 9.40. The number of carbonyl (C=O) groups is 1. The first-order valence-corrected chi connectivity index (χ1v) is 3.29. The highest BCUT2D eigenvalue weighted by Crippen LogP contribution is 2.09. The molecule has 2 aromatic rings. The largest absolute Gasteiger partial charge is 0.464 e. The summed E-state index contributed by atoms with van der Waals surface area (Å²) in [5.41, 5.74) is 0.414. The Balaban J connectivity index is 2.79. The van der Waals surface area contributed by atoms with Crippen molar-refractivity contribution in [2.24, 2.45) is 0 Å². The van der Waals surface area contributed by atoms with Crippen LogP contribution in [-0.2, 0) is 0 Å². The van der Waals surface area contributed by atoms with E-state index in [-0.39, 0.29) is 0 Å². The van der Waals surface area contributed by atoms with Crippen LogP contribution in [0.3, 0.4) is 0 Å². The molecule has 0 spiro atoms. The topological polar surface area (TPSA) is 68.0 Å². The van der Waals surface area contributed by atoms with Gasteiger partial charge < -0.3 is 5.11 Å². The van der Waals surface area contributed by atoms with Crippen LogP contribution >= 0.6 is 0 Å². The van der Waals surface area contributed by atoms with Crippen LogP contribution in [0.15, 0.2) is 24.8 Å². The van der Waals surface area contributed by atoms with Gasteiger partial charge in [-0.1, -0.05) is 0 Å². The Hall–Kier alpha value is -1.91. The monoisotopic (exact) mass is 163 g/mol. The standard InChI is InChI=1S/C7H5N3O2/c11-7(12)10-2-1-5-3-8-4-9-6(5)10/h1-4H,(H,11,12). The summed E-state index contributed by atoms with van der Waals surface area (Å²) in [6.07, 6.45) is 3.30. The molecule has 5 heteroatoms. The first kappa shape index (κ1) is 6.78. The SMILES string of the molecule is O=C(O)n1ccc2cncnc21. The zero-order valence-electron chi connectivity index (χ0n) is 6.01. The minimum Gasteiger partial charge on any atom is -0.464 e. The summed E-state index contributed by atoms with van der Waals surface area (Å²) in [7, 11) is 0. The van der Waals surface area contributed by atoms with Gasteiger partial charge in [-0.25, -0.2) is 19.3 Å². The molecule has 0 aliphatic carbocycles. The van der Waals surface area contributed by atoms with Gasteiger partial charge in [-0.3, -0.25) is 0 Å². The van der Waals surface area contributed by atoms with Gasteiger partial charge in [0.2, 0.25) is 0 Å². The maximum absolute atomic E-state index is 10.6. The van der Waals surface area contributed by atoms with E-state index in [0.29, 0.717) is 5.65 Å². The van der Waals surface area contributed by atoms with E-state index in [1.54, 1.807) is 12.3 Å². The van der Waals surface area contributed by atoms with Crippen molar-refractivity contribution in [2.45, 2.75) is 0 Å². The van der Waals surface area contributed by atoms with Crippen LogP contribution in [0, 0.1) is 0 Å². The summed E-state index contributed by atoms with van der Waals surface area (Å²) in [6.45, 7) is 0. The van der Waals surface area contributed by atoms with Crippen molar-refractivity contribution in [2.75, 3.05) is 0 Å². The molecule has 0 radical (unpaired) electrons. The molecule has 0 unspecified atom stereocenters. The molecule has 2 aromatic heterocycles. The molecule has 60 valence electrons. The summed E-state index contributed by atoms with van der Waals surface area (Å²) >= 11 is 0. The van der Waals surface area contributed by atoms with Crippen LogP contribution in [0.4, 0.5) is 4.79 Å². The van der Waals surface area contributed by atoms with Crippen molar-refractivity contribution < 1.29 is 9.90 Å². The molecule has 0 saturated carbocycles. The van der Waals surface area contributed by atoms with Crippen molar-refractivity contribution in [3.8, 4) is 0 Å². The number of aromatic nitrogens is 3. The Kier molecular flexibility index (Phi) is 1.30. The number of nitrogens with zero attached hydrogens (tertiary/aromatic N) is 3. The molecule has 0 fully saturated rings. The van der Waals surface area contributed by atoms with E-state index >= 15 is 0 Å². The third kappa shape index (κ3) is 0.833. The van der Waals surface area contributed by atoms with Gasteiger partial charge in [0.1, 0.15) is 6.33 Å². The zero-order valence-corrected chi connectivity index (χ0v) is 6.01. The summed E-state index contributed by atoms with van der Waals surface area (Å²) in [4.78, 5) is 18.2. The second kappa shape index (κ2) is 2.30. The minimum atomic E-state index is -1.04. The van der Waals surface area contributed by atoms with Crippen LogP contribution in [0.2, 0.25) is 0 Å². The lowest BCUT2D eigenvalue weighted by Gasteiger charge is -1.93. The van der Waals surface area contributed by atoms with Crippen LogP contribution in [0.25, 0.3) is 11.0 Å². The third-order valence-electron chi connectivity index (χ3n) is 1.56. The molecule has 12 heavy (non-hydrogen) atoms. The van der Waals surface area contributed by atoms with Gasteiger partial charge >= 0.3 is 6.09 Å². The van der Waals surface area contributed by atoms with Gasteiger partial charge in [0, 0.05) is 17.8 Å². The van der Waals surface area contributed by atoms with Crippen LogP contribution in [-0.4, -0.2) is 25.7 Å². The van der Waals surface area contributed by atoms with Crippen molar-refractivity contribution in [1.29, 1.82) is 0 Å². The van der Waals surface area contributed by atoms with Crippen LogP contribution < -0.4 is 0 Å². The Morgan fingerprint density at radius 1 is 1.58 bits per heavy atom. The summed E-state index contributed by atoms with van der Waals surface area (Å²) < 4.78 is 1.05. The summed E-state index contributed by atoms with van der Waals surface area (Å²) in [5.74, 6) is 0. The molecule has 2 heterocycles. The molecule has 0 saturated heterocycles. The predicted molar refractivity (Wildman–Crippen MR) is 41.0 cm³/mol. The lowest BCUT2D eigenvalue weighted by Crippen LogP contribution is -2.06. The fourth-order valence-corrected chi connectivity index (χ4v) is 1.03. The summed E-state index contributed by atoms with van der Waals surface area (Å²) in [6, 6.07) is 1.66. The van der Waals surface area contributed by atoms with E-state index in [4.69, 9.17) is 5.11 Å². The van der Waals surface area contributed by atoms with Gasteiger partial charge in [0.05, 0.1) is 0 Å². The van der Waals surface area contributed by atoms with Crippen LogP contribution in [0.1, 0.15) is 0 Å². The molecular weight excluding hydrogens is 158 g/mol. The third-order valence-corrected chi connectivity index (χ3v) is 1.56. The normalized spacial score (nSPS) is 10.3. The van der Waals surface area contributed by atoms with Gasteiger partial charge in [0.25, 0.3) is 0 Å². The Morgan fingerprint density at radius 3 is 3.17 bits per heavy atom. The zero-order chi connectivity index (χ0) is 8.55. The van der Waals surface area contributed by atoms with E-state index < -0.39 is 6.09 Å². The molecule has 0 aliphatic heterocycles. The predicted octanol–water partition coefficient (Wildman–Crippen LogP) is 0.957. The first-order valence-electron chi connectivity index (χ1n) is 3.29. The fraction of sp³-hybridized carbons (Fsp3) is 0. The Morgan fingerprint density at radius 2 is 2.42 bits per heavy atom. The maximum Gasteiger partial charge on any atom is 0.417 e. The van der Waals surface area contributed by atoms with Gasteiger partial charge in [-0.15, -0.1) is 0 Å². The fourth-order valence-electron chi connectivity index (χ4n) is 1.03. The maximum atomic E-state index is 10.6. The minimum absolute atomic E-state index is 0.414. The lowest BCUT2D eigenvalue weighted by atomic mass is 10.4. The molecule has 0 amide bonds. The number of hydrogen-bond acceptors (Lipinski definition) is 3.